The highest BCUT2D eigenvalue weighted by atomic mass is 127. The molecule has 0 fully saturated rings. The van der Waals surface area contributed by atoms with Gasteiger partial charge in [-0.25, -0.2) is 0 Å². The Morgan fingerprint density at radius 1 is 0.966 bits per heavy atom. The smallest absolute Gasteiger partial charge is 0.191 e. The lowest BCUT2D eigenvalue weighted by atomic mass is 10.1. The van der Waals surface area contributed by atoms with Gasteiger partial charge in [0, 0.05) is 26.3 Å². The molecule has 0 amide bonds. The van der Waals surface area contributed by atoms with E-state index in [-0.39, 0.29) is 24.0 Å². The van der Waals surface area contributed by atoms with E-state index in [1.807, 2.05) is 30.3 Å². The summed E-state index contributed by atoms with van der Waals surface area (Å²) in [5.41, 5.74) is 3.50. The van der Waals surface area contributed by atoms with Crippen LogP contribution in [0, 0.1) is 0 Å². The van der Waals surface area contributed by atoms with Crippen molar-refractivity contribution >= 4 is 29.9 Å². The number of nitrogens with zero attached hydrogens (tertiary/aromatic N) is 3. The van der Waals surface area contributed by atoms with Crippen LogP contribution in [0.5, 0.6) is 0 Å². The van der Waals surface area contributed by atoms with Gasteiger partial charge in [0.2, 0.25) is 0 Å². The summed E-state index contributed by atoms with van der Waals surface area (Å²) in [7, 11) is 3.87. The fourth-order valence-corrected chi connectivity index (χ4v) is 2.98. The van der Waals surface area contributed by atoms with E-state index in [1.54, 1.807) is 19.5 Å². The topological polar surface area (TPSA) is 65.7 Å². The number of guanidine groups is 1. The van der Waals surface area contributed by atoms with E-state index >= 15 is 0 Å². The van der Waals surface area contributed by atoms with Crippen LogP contribution in [0.4, 0.5) is 0 Å². The Labute approximate surface area is 189 Å². The van der Waals surface area contributed by atoms with Crippen LogP contribution in [0.2, 0.25) is 0 Å². The van der Waals surface area contributed by atoms with Crippen LogP contribution in [0.1, 0.15) is 22.6 Å². The first kappa shape index (κ1) is 22.9. The van der Waals surface area contributed by atoms with Gasteiger partial charge < -0.3 is 15.1 Å². The molecule has 0 unspecified atom stereocenters. The van der Waals surface area contributed by atoms with Crippen molar-refractivity contribution in [3.05, 3.63) is 89.6 Å². The Kier molecular flexibility index (Phi) is 9.66. The maximum absolute atomic E-state index is 5.45. The summed E-state index contributed by atoms with van der Waals surface area (Å²) in [4.78, 5) is 10.9. The van der Waals surface area contributed by atoms with Crippen molar-refractivity contribution in [1.82, 2.24) is 20.5 Å². The molecule has 0 aliphatic carbocycles. The molecule has 3 aromatic rings. The van der Waals surface area contributed by atoms with Crippen LogP contribution in [0.15, 0.2) is 76.5 Å². The molecular formula is C22H28IN5O. The first-order valence-corrected chi connectivity index (χ1v) is 9.36. The zero-order chi connectivity index (χ0) is 19.6. The van der Waals surface area contributed by atoms with Gasteiger partial charge in [0.05, 0.1) is 25.0 Å². The molecule has 0 atom stereocenters. The van der Waals surface area contributed by atoms with Crippen molar-refractivity contribution < 1.29 is 4.42 Å². The average molecular weight is 505 g/mol. The molecule has 7 heteroatoms. The lowest BCUT2D eigenvalue weighted by Crippen LogP contribution is -2.36. The Bertz CT molecular complexity index is 868. The monoisotopic (exact) mass is 505 g/mol. The van der Waals surface area contributed by atoms with Crippen LogP contribution in [-0.4, -0.2) is 29.9 Å². The largest absolute Gasteiger partial charge is 0.468 e. The van der Waals surface area contributed by atoms with Gasteiger partial charge in [0.15, 0.2) is 5.96 Å². The average Bonchev–Trinajstić information content (AvgIpc) is 3.23. The summed E-state index contributed by atoms with van der Waals surface area (Å²) >= 11 is 0. The standard InChI is InChI=1S/C22H27N5O.HI/c1-23-22(26-15-20-10-5-6-12-24-20)25-14-18-8-3-4-9-19(18)16-27(2)17-21-11-7-13-28-21;/h3-13H,14-17H2,1-2H3,(H2,23,25,26);1H. The molecule has 0 radical (unpaired) electrons. The highest BCUT2D eigenvalue weighted by molar-refractivity contribution is 14.0. The SMILES string of the molecule is CN=C(NCc1ccccn1)NCc1ccccc1CN(C)Cc1ccco1.I. The van der Waals surface area contributed by atoms with Gasteiger partial charge in [-0.3, -0.25) is 14.9 Å². The van der Waals surface area contributed by atoms with E-state index in [0.717, 1.165) is 30.5 Å². The Morgan fingerprint density at radius 3 is 2.41 bits per heavy atom. The summed E-state index contributed by atoms with van der Waals surface area (Å²) in [6.07, 6.45) is 3.51. The van der Waals surface area contributed by atoms with E-state index in [1.165, 1.54) is 11.1 Å². The molecule has 3 rings (SSSR count). The van der Waals surface area contributed by atoms with Crippen LogP contribution in [0.3, 0.4) is 0 Å². The van der Waals surface area contributed by atoms with Gasteiger partial charge in [0.25, 0.3) is 0 Å². The minimum absolute atomic E-state index is 0. The minimum atomic E-state index is 0. The first-order chi connectivity index (χ1) is 13.7. The molecule has 0 aliphatic heterocycles. The van der Waals surface area contributed by atoms with Gasteiger partial charge in [-0.2, -0.15) is 0 Å². The van der Waals surface area contributed by atoms with Gasteiger partial charge in [-0.1, -0.05) is 30.3 Å². The highest BCUT2D eigenvalue weighted by Gasteiger charge is 2.08. The van der Waals surface area contributed by atoms with Crippen LogP contribution >= 0.6 is 24.0 Å². The molecule has 0 saturated carbocycles. The maximum atomic E-state index is 5.45. The first-order valence-electron chi connectivity index (χ1n) is 9.36. The Morgan fingerprint density at radius 2 is 1.72 bits per heavy atom. The molecule has 0 saturated heterocycles. The molecule has 29 heavy (non-hydrogen) atoms. The summed E-state index contributed by atoms with van der Waals surface area (Å²) in [5.74, 6) is 1.72. The van der Waals surface area contributed by atoms with E-state index in [9.17, 15) is 0 Å². The third kappa shape index (κ3) is 7.51. The number of aliphatic imine (C=N–C) groups is 1. The summed E-state index contributed by atoms with van der Waals surface area (Å²) < 4.78 is 5.45. The molecule has 2 aromatic heterocycles. The molecule has 0 aliphatic rings. The van der Waals surface area contributed by atoms with Crippen molar-refractivity contribution in [2.45, 2.75) is 26.2 Å². The maximum Gasteiger partial charge on any atom is 0.191 e. The van der Waals surface area contributed by atoms with Crippen LogP contribution in [0.25, 0.3) is 0 Å². The van der Waals surface area contributed by atoms with Gasteiger partial charge in [-0.15, -0.1) is 24.0 Å². The Hall–Kier alpha value is -2.39. The zero-order valence-corrected chi connectivity index (χ0v) is 19.2. The van der Waals surface area contributed by atoms with Crippen molar-refractivity contribution in [2.75, 3.05) is 14.1 Å². The number of rotatable bonds is 8. The van der Waals surface area contributed by atoms with Crippen molar-refractivity contribution in [1.29, 1.82) is 0 Å². The number of furan rings is 1. The number of nitrogens with one attached hydrogen (secondary N) is 2. The van der Waals surface area contributed by atoms with Gasteiger partial charge in [0.1, 0.15) is 5.76 Å². The number of pyridine rings is 1. The number of aromatic nitrogens is 1. The second kappa shape index (κ2) is 12.2. The van der Waals surface area contributed by atoms with Gasteiger partial charge >= 0.3 is 0 Å². The molecule has 0 spiro atoms. The van der Waals surface area contributed by atoms with Crippen molar-refractivity contribution in [3.8, 4) is 0 Å². The van der Waals surface area contributed by atoms with E-state index in [0.29, 0.717) is 13.1 Å². The number of halogens is 1. The van der Waals surface area contributed by atoms with Crippen molar-refractivity contribution in [3.63, 3.8) is 0 Å². The molecule has 154 valence electrons. The highest BCUT2D eigenvalue weighted by Crippen LogP contribution is 2.13. The third-order valence-electron chi connectivity index (χ3n) is 4.40. The predicted octanol–water partition coefficient (Wildman–Crippen LogP) is 3.79. The third-order valence-corrected chi connectivity index (χ3v) is 4.40. The lowest BCUT2D eigenvalue weighted by Gasteiger charge is -2.19. The van der Waals surface area contributed by atoms with E-state index in [2.05, 4.69) is 56.8 Å². The summed E-state index contributed by atoms with van der Waals surface area (Å²) in [6.45, 7) is 2.96. The second-order valence-electron chi connectivity index (χ2n) is 6.62. The van der Waals surface area contributed by atoms with Crippen LogP contribution < -0.4 is 10.6 Å². The molecule has 2 heterocycles. The van der Waals surface area contributed by atoms with E-state index in [4.69, 9.17) is 4.42 Å². The normalized spacial score (nSPS) is 11.2. The molecule has 0 bridgehead atoms. The van der Waals surface area contributed by atoms with Crippen LogP contribution in [-0.2, 0) is 26.2 Å². The predicted molar refractivity (Wildman–Crippen MR) is 127 cm³/mol. The molecular weight excluding hydrogens is 477 g/mol. The quantitative estimate of drug-likeness (QED) is 0.277. The zero-order valence-electron chi connectivity index (χ0n) is 16.8. The molecule has 2 N–H and O–H groups in total. The van der Waals surface area contributed by atoms with Gasteiger partial charge in [-0.05, 0) is 42.4 Å². The number of hydrogen-bond donors (Lipinski definition) is 2. The lowest BCUT2D eigenvalue weighted by molar-refractivity contribution is 0.287. The fraction of sp³-hybridized carbons (Fsp3) is 0.273. The van der Waals surface area contributed by atoms with Crippen molar-refractivity contribution in [2.24, 2.45) is 4.99 Å². The molecule has 6 nitrogen and oxygen atoms in total. The molecule has 1 aromatic carbocycles. The number of hydrogen-bond acceptors (Lipinski definition) is 4. The summed E-state index contributed by atoms with van der Waals surface area (Å²) in [5, 5.41) is 6.69. The second-order valence-corrected chi connectivity index (χ2v) is 6.62. The minimum Gasteiger partial charge on any atom is -0.468 e. The van der Waals surface area contributed by atoms with E-state index < -0.39 is 0 Å². The summed E-state index contributed by atoms with van der Waals surface area (Å²) in [6, 6.07) is 18.3. The Balaban J connectivity index is 0.00000300. The fourth-order valence-electron chi connectivity index (χ4n) is 2.98. The number of benzene rings is 1.